The molecular weight excluding hydrogens is 437 g/mol. The third-order valence-electron chi connectivity index (χ3n) is 6.40. The number of halogens is 1. The van der Waals surface area contributed by atoms with E-state index in [1.54, 1.807) is 29.2 Å². The van der Waals surface area contributed by atoms with Crippen LogP contribution in [-0.2, 0) is 29.0 Å². The second-order valence-electron chi connectivity index (χ2n) is 9.63. The minimum atomic E-state index is -0.509. The van der Waals surface area contributed by atoms with E-state index in [4.69, 9.17) is 4.74 Å². The van der Waals surface area contributed by atoms with Crippen LogP contribution < -0.4 is 5.56 Å². The van der Waals surface area contributed by atoms with Crippen LogP contribution in [0.15, 0.2) is 35.1 Å². The molecule has 2 aliphatic rings. The van der Waals surface area contributed by atoms with E-state index < -0.39 is 17.6 Å². The second-order valence-corrected chi connectivity index (χ2v) is 9.63. The standard InChI is InChI=1S/C26H32FN3O4/c1-17(2)12-29-13-20(34-16-19-8-3-5-9-22(19)27)14-30(15-24(29)31)26(33)21-11-18-7-4-6-10-23(18)28-25(21)32/h3,5,8-9,11,17,20H,4,6-7,10,12-16H2,1-2H3,(H,28,32). The third kappa shape index (κ3) is 5.55. The summed E-state index contributed by atoms with van der Waals surface area (Å²) in [6.45, 7) is 4.91. The van der Waals surface area contributed by atoms with Gasteiger partial charge in [0.2, 0.25) is 5.91 Å². The van der Waals surface area contributed by atoms with E-state index in [0.29, 0.717) is 18.7 Å². The number of carbonyl (C=O) groups is 2. The lowest BCUT2D eigenvalue weighted by atomic mass is 9.95. The van der Waals surface area contributed by atoms with Crippen LogP contribution in [0.5, 0.6) is 0 Å². The van der Waals surface area contributed by atoms with Crippen LogP contribution in [0, 0.1) is 11.7 Å². The summed E-state index contributed by atoms with van der Waals surface area (Å²) in [5, 5.41) is 0. The fourth-order valence-corrected chi connectivity index (χ4v) is 4.68. The van der Waals surface area contributed by atoms with Gasteiger partial charge in [0.15, 0.2) is 0 Å². The van der Waals surface area contributed by atoms with Crippen molar-refractivity contribution in [2.24, 2.45) is 5.92 Å². The normalized spacial score (nSPS) is 18.7. The number of rotatable bonds is 6. The summed E-state index contributed by atoms with van der Waals surface area (Å²) < 4.78 is 20.1. The number of nitrogens with one attached hydrogen (secondary N) is 1. The lowest BCUT2D eigenvalue weighted by Crippen LogP contribution is -2.42. The molecule has 0 radical (unpaired) electrons. The van der Waals surface area contributed by atoms with Gasteiger partial charge < -0.3 is 19.5 Å². The fourth-order valence-electron chi connectivity index (χ4n) is 4.68. The Balaban J connectivity index is 1.57. The number of aromatic nitrogens is 1. The van der Waals surface area contributed by atoms with Gasteiger partial charge in [0.1, 0.15) is 17.9 Å². The van der Waals surface area contributed by atoms with Crippen LogP contribution in [0.4, 0.5) is 4.39 Å². The number of aryl methyl sites for hydroxylation is 2. The summed E-state index contributed by atoms with van der Waals surface area (Å²) >= 11 is 0. The predicted molar refractivity (Wildman–Crippen MR) is 126 cm³/mol. The monoisotopic (exact) mass is 469 g/mol. The molecule has 2 aromatic rings. The van der Waals surface area contributed by atoms with Gasteiger partial charge in [-0.15, -0.1) is 0 Å². The summed E-state index contributed by atoms with van der Waals surface area (Å²) in [7, 11) is 0. The van der Waals surface area contributed by atoms with Gasteiger partial charge in [-0.25, -0.2) is 4.39 Å². The molecule has 0 saturated carbocycles. The number of pyridine rings is 1. The van der Waals surface area contributed by atoms with Crippen LogP contribution in [0.3, 0.4) is 0 Å². The molecule has 1 aliphatic heterocycles. The number of H-pyrrole nitrogens is 1. The Bertz CT molecular complexity index is 1110. The number of aromatic amines is 1. The molecule has 1 unspecified atom stereocenters. The highest BCUT2D eigenvalue weighted by Gasteiger charge is 2.33. The number of ether oxygens (including phenoxy) is 1. The van der Waals surface area contributed by atoms with Crippen molar-refractivity contribution in [3.05, 3.63) is 68.9 Å². The average Bonchev–Trinajstić information content (AvgIpc) is 2.96. The van der Waals surface area contributed by atoms with Crippen molar-refractivity contribution in [1.29, 1.82) is 0 Å². The van der Waals surface area contributed by atoms with Gasteiger partial charge in [0.25, 0.3) is 11.5 Å². The smallest absolute Gasteiger partial charge is 0.261 e. The summed E-state index contributed by atoms with van der Waals surface area (Å²) in [6.07, 6.45) is 3.15. The van der Waals surface area contributed by atoms with Gasteiger partial charge in [0, 0.05) is 30.9 Å². The largest absolute Gasteiger partial charge is 0.370 e. The number of benzene rings is 1. The minimum Gasteiger partial charge on any atom is -0.370 e. The maximum absolute atomic E-state index is 14.1. The SMILES string of the molecule is CC(C)CN1CC(OCc2ccccc2F)CN(C(=O)c2cc3c([nH]c2=O)CCCC3)CC1=O. The third-order valence-corrected chi connectivity index (χ3v) is 6.40. The Morgan fingerprint density at radius 2 is 1.94 bits per heavy atom. The zero-order valence-electron chi connectivity index (χ0n) is 19.8. The summed E-state index contributed by atoms with van der Waals surface area (Å²) in [5.41, 5.74) is 1.93. The van der Waals surface area contributed by atoms with Gasteiger partial charge in [-0.3, -0.25) is 14.4 Å². The van der Waals surface area contributed by atoms with Gasteiger partial charge >= 0.3 is 0 Å². The van der Waals surface area contributed by atoms with Crippen molar-refractivity contribution in [2.45, 2.75) is 52.2 Å². The molecule has 34 heavy (non-hydrogen) atoms. The maximum atomic E-state index is 14.1. The highest BCUT2D eigenvalue weighted by Crippen LogP contribution is 2.20. The van der Waals surface area contributed by atoms with Crippen molar-refractivity contribution in [3.8, 4) is 0 Å². The van der Waals surface area contributed by atoms with Crippen LogP contribution in [0.25, 0.3) is 0 Å². The molecule has 2 heterocycles. The Labute approximate surface area is 198 Å². The number of amides is 2. The zero-order valence-corrected chi connectivity index (χ0v) is 19.8. The molecule has 1 aromatic carbocycles. The topological polar surface area (TPSA) is 82.7 Å². The molecule has 1 saturated heterocycles. The van der Waals surface area contributed by atoms with Crippen molar-refractivity contribution in [1.82, 2.24) is 14.8 Å². The van der Waals surface area contributed by atoms with Crippen molar-refractivity contribution in [3.63, 3.8) is 0 Å². The Hall–Kier alpha value is -3.00. The van der Waals surface area contributed by atoms with Gasteiger partial charge in [-0.1, -0.05) is 32.0 Å². The van der Waals surface area contributed by atoms with E-state index in [1.807, 2.05) is 13.8 Å². The summed E-state index contributed by atoms with van der Waals surface area (Å²) in [4.78, 5) is 45.1. The molecule has 1 atom stereocenters. The molecule has 1 N–H and O–H groups in total. The van der Waals surface area contributed by atoms with E-state index >= 15 is 0 Å². The van der Waals surface area contributed by atoms with Crippen LogP contribution in [-0.4, -0.2) is 58.9 Å². The Morgan fingerprint density at radius 3 is 2.71 bits per heavy atom. The van der Waals surface area contributed by atoms with Gasteiger partial charge in [0.05, 0.1) is 12.7 Å². The molecule has 4 rings (SSSR count). The molecule has 0 bridgehead atoms. The Kier molecular flexibility index (Phi) is 7.46. The number of hydrogen-bond acceptors (Lipinski definition) is 4. The Morgan fingerprint density at radius 1 is 1.18 bits per heavy atom. The molecule has 2 amide bonds. The molecule has 182 valence electrons. The molecule has 1 fully saturated rings. The molecule has 7 nitrogen and oxygen atoms in total. The van der Waals surface area contributed by atoms with E-state index in [2.05, 4.69) is 4.98 Å². The lowest BCUT2D eigenvalue weighted by Gasteiger charge is -2.26. The van der Waals surface area contributed by atoms with E-state index in [0.717, 1.165) is 36.9 Å². The molecule has 1 aromatic heterocycles. The predicted octanol–water partition coefficient (Wildman–Crippen LogP) is 2.92. The molecule has 8 heteroatoms. The number of nitrogens with zero attached hydrogens (tertiary/aromatic N) is 2. The highest BCUT2D eigenvalue weighted by molar-refractivity contribution is 5.96. The van der Waals surface area contributed by atoms with Gasteiger partial charge in [-0.2, -0.15) is 0 Å². The van der Waals surface area contributed by atoms with Crippen molar-refractivity contribution < 1.29 is 18.7 Å². The second kappa shape index (κ2) is 10.5. The highest BCUT2D eigenvalue weighted by atomic mass is 19.1. The van der Waals surface area contributed by atoms with Crippen LogP contribution in [0.1, 0.15) is 53.9 Å². The minimum absolute atomic E-state index is 0.0303. The first-order valence-corrected chi connectivity index (χ1v) is 12.0. The summed E-state index contributed by atoms with van der Waals surface area (Å²) in [6, 6.07) is 8.06. The first-order valence-electron chi connectivity index (χ1n) is 12.0. The van der Waals surface area contributed by atoms with Crippen LogP contribution in [0.2, 0.25) is 0 Å². The number of carbonyl (C=O) groups excluding carboxylic acids is 2. The molecule has 0 spiro atoms. The van der Waals surface area contributed by atoms with Crippen molar-refractivity contribution >= 4 is 11.8 Å². The quantitative estimate of drug-likeness (QED) is 0.705. The zero-order chi connectivity index (χ0) is 24.2. The average molecular weight is 470 g/mol. The molecular formula is C26H32FN3O4. The summed E-state index contributed by atoms with van der Waals surface area (Å²) in [5.74, 6) is -0.788. The number of hydrogen-bond donors (Lipinski definition) is 1. The maximum Gasteiger partial charge on any atom is 0.261 e. The van der Waals surface area contributed by atoms with E-state index in [1.165, 1.54) is 11.0 Å². The van der Waals surface area contributed by atoms with E-state index in [-0.39, 0.29) is 42.9 Å². The van der Waals surface area contributed by atoms with E-state index in [9.17, 15) is 18.8 Å². The molecule has 1 aliphatic carbocycles. The first-order chi connectivity index (χ1) is 16.3. The number of fused-ring (bicyclic) bond motifs is 1. The van der Waals surface area contributed by atoms with Crippen molar-refractivity contribution in [2.75, 3.05) is 26.2 Å². The lowest BCUT2D eigenvalue weighted by molar-refractivity contribution is -0.132. The van der Waals surface area contributed by atoms with Crippen LogP contribution >= 0.6 is 0 Å². The fraction of sp³-hybridized carbons (Fsp3) is 0.500. The first kappa shape index (κ1) is 24.1. The van der Waals surface area contributed by atoms with Gasteiger partial charge in [-0.05, 0) is 49.3 Å².